The molecule has 0 aromatic carbocycles. The summed E-state index contributed by atoms with van der Waals surface area (Å²) in [5, 5.41) is 7.54. The number of aromatic nitrogens is 4. The molecule has 0 fully saturated rings. The summed E-state index contributed by atoms with van der Waals surface area (Å²) in [6.45, 7) is 3.71. The molecule has 0 amide bonds. The number of rotatable bonds is 0. The lowest BCUT2D eigenvalue weighted by Crippen LogP contribution is -1.93. The fourth-order valence-electron chi connectivity index (χ4n) is 1.19. The minimum absolute atomic E-state index is 0.607. The van der Waals surface area contributed by atoms with Gasteiger partial charge >= 0.3 is 0 Å². The van der Waals surface area contributed by atoms with Crippen molar-refractivity contribution in [2.45, 2.75) is 13.8 Å². The molecule has 4 nitrogen and oxygen atoms in total. The van der Waals surface area contributed by atoms with Crippen LogP contribution in [0.3, 0.4) is 0 Å². The Morgan fingerprint density at radius 3 is 2.56 bits per heavy atom. The fraction of sp³-hybridized carbons (Fsp3) is 0.167. The highest BCUT2D eigenvalue weighted by Gasteiger charge is 1.92. The van der Waals surface area contributed by atoms with Crippen molar-refractivity contribution in [3.63, 3.8) is 0 Å². The smallest absolute Gasteiger partial charge is 0.149 e. The van der Waals surface area contributed by atoms with Crippen LogP contribution in [0.15, 0.2) is 24.4 Å². The highest BCUT2D eigenvalue weighted by molar-refractivity contribution is 5.35. The number of hydrogen-bond donors (Lipinski definition) is 0. The normalized spacial score (nSPS) is 9.38. The van der Waals surface area contributed by atoms with Crippen LogP contribution in [0.4, 0.5) is 0 Å². The number of aryl methyl sites for hydroxylation is 2. The Morgan fingerprint density at radius 1 is 1.00 bits per heavy atom. The van der Waals surface area contributed by atoms with Crippen molar-refractivity contribution in [3.05, 3.63) is 47.3 Å². The third kappa shape index (κ3) is 2.61. The molecule has 4 heteroatoms. The van der Waals surface area contributed by atoms with E-state index in [4.69, 9.17) is 0 Å². The van der Waals surface area contributed by atoms with E-state index in [-0.39, 0.29) is 0 Å². The van der Waals surface area contributed by atoms with Gasteiger partial charge in [0.25, 0.3) is 0 Å². The van der Waals surface area contributed by atoms with Crippen molar-refractivity contribution < 1.29 is 0 Å². The third-order valence-corrected chi connectivity index (χ3v) is 1.87. The molecule has 0 N–H and O–H groups in total. The van der Waals surface area contributed by atoms with Crippen molar-refractivity contribution >= 4 is 0 Å². The van der Waals surface area contributed by atoms with Crippen molar-refractivity contribution in [2.24, 2.45) is 0 Å². The second kappa shape index (κ2) is 4.49. The molecule has 2 aromatic rings. The quantitative estimate of drug-likeness (QED) is 0.615. The molecule has 0 unspecified atom stereocenters. The maximum atomic E-state index is 4.27. The topological polar surface area (TPSA) is 51.6 Å². The van der Waals surface area contributed by atoms with Crippen LogP contribution in [0.5, 0.6) is 0 Å². The van der Waals surface area contributed by atoms with E-state index in [1.54, 1.807) is 6.92 Å². The van der Waals surface area contributed by atoms with Crippen LogP contribution in [0.25, 0.3) is 0 Å². The first-order valence-corrected chi connectivity index (χ1v) is 4.86. The maximum absolute atomic E-state index is 4.27. The molecule has 0 bridgehead atoms. The Kier molecular flexibility index (Phi) is 2.88. The van der Waals surface area contributed by atoms with E-state index in [2.05, 4.69) is 32.0 Å². The van der Waals surface area contributed by atoms with E-state index >= 15 is 0 Å². The van der Waals surface area contributed by atoms with Gasteiger partial charge in [-0.05, 0) is 37.8 Å². The molecule has 2 heterocycles. The van der Waals surface area contributed by atoms with Gasteiger partial charge in [0.15, 0.2) is 0 Å². The summed E-state index contributed by atoms with van der Waals surface area (Å²) in [5.74, 6) is 6.46. The van der Waals surface area contributed by atoms with Crippen molar-refractivity contribution in [1.82, 2.24) is 20.2 Å². The van der Waals surface area contributed by atoms with Crippen molar-refractivity contribution in [2.75, 3.05) is 0 Å². The van der Waals surface area contributed by atoms with Gasteiger partial charge in [0, 0.05) is 5.69 Å². The average molecular weight is 210 g/mol. The Hall–Kier alpha value is -2.28. The van der Waals surface area contributed by atoms with Gasteiger partial charge in [-0.25, -0.2) is 9.97 Å². The predicted octanol–water partition coefficient (Wildman–Crippen LogP) is 1.28. The molecule has 0 saturated carbocycles. The molecule has 0 atom stereocenters. The molecule has 0 spiro atoms. The van der Waals surface area contributed by atoms with Gasteiger partial charge in [0.05, 0.1) is 6.20 Å². The maximum Gasteiger partial charge on any atom is 0.149 e. The van der Waals surface area contributed by atoms with E-state index in [1.807, 2.05) is 25.1 Å². The van der Waals surface area contributed by atoms with E-state index < -0.39 is 0 Å². The predicted molar refractivity (Wildman–Crippen MR) is 59.5 cm³/mol. The molecular formula is C12H10N4. The van der Waals surface area contributed by atoms with Crippen LogP contribution < -0.4 is 0 Å². The molecule has 0 aliphatic carbocycles. The molecule has 2 rings (SSSR count). The van der Waals surface area contributed by atoms with E-state index in [1.165, 1.54) is 6.20 Å². The van der Waals surface area contributed by atoms with Crippen LogP contribution >= 0.6 is 0 Å². The van der Waals surface area contributed by atoms with Gasteiger partial charge in [-0.15, -0.1) is 5.10 Å². The monoisotopic (exact) mass is 210 g/mol. The highest BCUT2D eigenvalue weighted by atomic mass is 15.1. The van der Waals surface area contributed by atoms with Gasteiger partial charge in [-0.1, -0.05) is 6.07 Å². The van der Waals surface area contributed by atoms with E-state index in [0.717, 1.165) is 11.4 Å². The summed E-state index contributed by atoms with van der Waals surface area (Å²) in [4.78, 5) is 8.41. The lowest BCUT2D eigenvalue weighted by atomic mass is 10.3. The first-order valence-electron chi connectivity index (χ1n) is 4.86. The molecule has 16 heavy (non-hydrogen) atoms. The zero-order valence-corrected chi connectivity index (χ0v) is 9.10. The van der Waals surface area contributed by atoms with Crippen molar-refractivity contribution in [1.29, 1.82) is 0 Å². The largest absolute Gasteiger partial charge is 0.245 e. The van der Waals surface area contributed by atoms with E-state index in [9.17, 15) is 0 Å². The lowest BCUT2D eigenvalue weighted by molar-refractivity contribution is 0.898. The minimum Gasteiger partial charge on any atom is -0.245 e. The second-order valence-electron chi connectivity index (χ2n) is 3.30. The molecule has 2 aromatic heterocycles. The minimum atomic E-state index is 0.607. The lowest BCUT2D eigenvalue weighted by Gasteiger charge is -1.92. The van der Waals surface area contributed by atoms with Crippen LogP contribution in [-0.4, -0.2) is 20.2 Å². The number of nitrogens with zero attached hydrogens (tertiary/aromatic N) is 4. The summed E-state index contributed by atoms with van der Waals surface area (Å²) < 4.78 is 0. The molecule has 78 valence electrons. The SMILES string of the molecule is Cc1cccc(C#Cc2cnnc(C)n2)n1. The zero-order valence-electron chi connectivity index (χ0n) is 9.10. The van der Waals surface area contributed by atoms with Gasteiger partial charge in [-0.2, -0.15) is 5.10 Å². The summed E-state index contributed by atoms with van der Waals surface area (Å²) in [6, 6.07) is 5.72. The Morgan fingerprint density at radius 2 is 1.81 bits per heavy atom. The van der Waals surface area contributed by atoms with Crippen LogP contribution in [0.2, 0.25) is 0 Å². The molecule has 0 aliphatic rings. The Balaban J connectivity index is 2.28. The summed E-state index contributed by atoms with van der Waals surface area (Å²) in [6.07, 6.45) is 1.54. The van der Waals surface area contributed by atoms with Gasteiger partial charge in [0.2, 0.25) is 0 Å². The Bertz CT molecular complexity index is 517. The first-order chi connectivity index (χ1) is 7.74. The standard InChI is InChI=1S/C12H10N4/c1-9-4-3-5-11(14-9)6-7-12-8-13-16-10(2)15-12/h3-5,8H,1-2H3. The Labute approximate surface area is 93.8 Å². The van der Waals surface area contributed by atoms with Gasteiger partial charge in [-0.3, -0.25) is 0 Å². The molecule has 0 radical (unpaired) electrons. The molecule has 0 aliphatic heterocycles. The number of hydrogen-bond acceptors (Lipinski definition) is 4. The van der Waals surface area contributed by atoms with Gasteiger partial charge < -0.3 is 0 Å². The average Bonchev–Trinajstić information content (AvgIpc) is 2.27. The van der Waals surface area contributed by atoms with Crippen LogP contribution in [-0.2, 0) is 0 Å². The van der Waals surface area contributed by atoms with Gasteiger partial charge in [0.1, 0.15) is 17.2 Å². The molecular weight excluding hydrogens is 200 g/mol. The molecule has 0 saturated heterocycles. The van der Waals surface area contributed by atoms with Crippen LogP contribution in [0, 0.1) is 25.7 Å². The fourth-order valence-corrected chi connectivity index (χ4v) is 1.19. The highest BCUT2D eigenvalue weighted by Crippen LogP contribution is 1.96. The first kappa shape index (κ1) is 10.2. The van der Waals surface area contributed by atoms with Crippen molar-refractivity contribution in [3.8, 4) is 11.8 Å². The number of pyridine rings is 1. The summed E-state index contributed by atoms with van der Waals surface area (Å²) in [7, 11) is 0. The second-order valence-corrected chi connectivity index (χ2v) is 3.30. The summed E-state index contributed by atoms with van der Waals surface area (Å²) >= 11 is 0. The van der Waals surface area contributed by atoms with E-state index in [0.29, 0.717) is 11.5 Å². The zero-order chi connectivity index (χ0) is 11.4. The third-order valence-electron chi connectivity index (χ3n) is 1.87. The van der Waals surface area contributed by atoms with Crippen LogP contribution in [0.1, 0.15) is 22.9 Å². The summed E-state index contributed by atoms with van der Waals surface area (Å²) in [5.41, 5.74) is 2.29.